The molecule has 0 amide bonds. The predicted molar refractivity (Wildman–Crippen MR) is 63.0 cm³/mol. The number of rotatable bonds is 3. The van der Waals surface area contributed by atoms with E-state index in [1.165, 1.54) is 6.07 Å². The zero-order valence-electron chi connectivity index (χ0n) is 9.07. The molecular weight excluding hydrogens is 225 g/mol. The molecule has 0 spiro atoms. The van der Waals surface area contributed by atoms with Gasteiger partial charge in [0.2, 0.25) is 5.95 Å². The fraction of sp³-hybridized carbons (Fsp3) is 0.273. The van der Waals surface area contributed by atoms with Gasteiger partial charge in [-0.2, -0.15) is 4.39 Å². The maximum Gasteiger partial charge on any atom is 0.214 e. The van der Waals surface area contributed by atoms with Crippen LogP contribution in [-0.2, 0) is 5.54 Å². The predicted octanol–water partition coefficient (Wildman–Crippen LogP) is 3.02. The summed E-state index contributed by atoms with van der Waals surface area (Å²) in [4.78, 5) is 8.01. The van der Waals surface area contributed by atoms with Crippen LogP contribution >= 0.6 is 11.3 Å². The summed E-state index contributed by atoms with van der Waals surface area (Å²) in [6.07, 6.45) is 1.75. The molecule has 0 aliphatic rings. The van der Waals surface area contributed by atoms with E-state index in [2.05, 4.69) is 15.3 Å². The van der Waals surface area contributed by atoms with E-state index in [9.17, 15) is 4.39 Å². The van der Waals surface area contributed by atoms with Crippen molar-refractivity contribution < 1.29 is 4.39 Å². The number of halogens is 1. The molecule has 0 unspecified atom stereocenters. The van der Waals surface area contributed by atoms with Crippen molar-refractivity contribution in [2.75, 3.05) is 5.32 Å². The van der Waals surface area contributed by atoms with Crippen molar-refractivity contribution in [1.82, 2.24) is 9.97 Å². The Labute approximate surface area is 97.4 Å². The van der Waals surface area contributed by atoms with Crippen LogP contribution in [0, 0.1) is 5.95 Å². The number of hydrogen-bond acceptors (Lipinski definition) is 4. The molecule has 2 heterocycles. The lowest BCUT2D eigenvalue weighted by Crippen LogP contribution is -2.28. The second kappa shape index (κ2) is 4.17. The molecule has 0 fully saturated rings. The van der Waals surface area contributed by atoms with Gasteiger partial charge in [0.1, 0.15) is 10.8 Å². The van der Waals surface area contributed by atoms with E-state index in [4.69, 9.17) is 0 Å². The minimum atomic E-state index is -0.486. The molecule has 0 aromatic carbocycles. The Morgan fingerprint density at radius 3 is 2.81 bits per heavy atom. The van der Waals surface area contributed by atoms with Crippen molar-refractivity contribution in [3.63, 3.8) is 0 Å². The van der Waals surface area contributed by atoms with Gasteiger partial charge in [0.25, 0.3) is 0 Å². The van der Waals surface area contributed by atoms with Crippen LogP contribution in [-0.4, -0.2) is 9.97 Å². The van der Waals surface area contributed by atoms with Gasteiger partial charge in [0.05, 0.1) is 5.54 Å². The summed E-state index contributed by atoms with van der Waals surface area (Å²) in [6.45, 7) is 3.97. The average molecular weight is 237 g/mol. The maximum atomic E-state index is 12.9. The highest BCUT2D eigenvalue weighted by Crippen LogP contribution is 2.26. The number of pyridine rings is 1. The molecule has 2 rings (SSSR count). The number of nitrogens with zero attached hydrogens (tertiary/aromatic N) is 2. The zero-order valence-corrected chi connectivity index (χ0v) is 9.88. The van der Waals surface area contributed by atoms with E-state index in [1.54, 1.807) is 29.7 Å². The molecule has 1 N–H and O–H groups in total. The van der Waals surface area contributed by atoms with Gasteiger partial charge in [-0.25, -0.2) is 9.97 Å². The minimum Gasteiger partial charge on any atom is -0.359 e. The lowest BCUT2D eigenvalue weighted by molar-refractivity contribution is 0.570. The number of hydrogen-bond donors (Lipinski definition) is 1. The number of nitrogens with one attached hydrogen (secondary N) is 1. The van der Waals surface area contributed by atoms with Crippen LogP contribution in [0.2, 0.25) is 0 Å². The largest absolute Gasteiger partial charge is 0.359 e. The molecule has 0 aliphatic carbocycles. The third-order valence-corrected chi connectivity index (χ3v) is 3.22. The fourth-order valence-electron chi connectivity index (χ4n) is 1.38. The van der Waals surface area contributed by atoms with E-state index in [0.717, 1.165) is 5.01 Å². The average Bonchev–Trinajstić information content (AvgIpc) is 2.69. The van der Waals surface area contributed by atoms with E-state index < -0.39 is 5.95 Å². The SMILES string of the molecule is CC(C)(Nc1cccc(F)n1)c1nccs1. The Balaban J connectivity index is 2.21. The van der Waals surface area contributed by atoms with Crippen LogP contribution in [0.1, 0.15) is 18.9 Å². The summed E-state index contributed by atoms with van der Waals surface area (Å²) in [5, 5.41) is 6.02. The van der Waals surface area contributed by atoms with E-state index in [-0.39, 0.29) is 5.54 Å². The molecule has 0 atom stereocenters. The number of anilines is 1. The number of thiazole rings is 1. The standard InChI is InChI=1S/C11H12FN3S/c1-11(2,10-13-6-7-16-10)15-9-5-3-4-8(12)14-9/h3-7H,1-2H3,(H,14,15). The van der Waals surface area contributed by atoms with E-state index >= 15 is 0 Å². The Kier molecular flexibility index (Phi) is 2.87. The Bertz CT molecular complexity index is 468. The molecule has 2 aromatic rings. The highest BCUT2D eigenvalue weighted by atomic mass is 32.1. The third kappa shape index (κ3) is 2.36. The normalized spacial score (nSPS) is 11.4. The number of aromatic nitrogens is 2. The Hall–Kier alpha value is -1.49. The smallest absolute Gasteiger partial charge is 0.214 e. The van der Waals surface area contributed by atoms with Gasteiger partial charge < -0.3 is 5.32 Å². The molecular formula is C11H12FN3S. The molecule has 84 valence electrons. The monoisotopic (exact) mass is 237 g/mol. The summed E-state index contributed by atoms with van der Waals surface area (Å²) in [5.74, 6) is 0.0279. The summed E-state index contributed by atoms with van der Waals surface area (Å²) >= 11 is 1.56. The van der Waals surface area contributed by atoms with Crippen molar-refractivity contribution >= 4 is 17.2 Å². The first-order chi connectivity index (χ1) is 7.58. The van der Waals surface area contributed by atoms with Gasteiger partial charge in [-0.05, 0) is 26.0 Å². The summed E-state index contributed by atoms with van der Waals surface area (Å²) in [5.41, 5.74) is -0.352. The van der Waals surface area contributed by atoms with Gasteiger partial charge in [-0.3, -0.25) is 0 Å². The molecule has 2 aromatic heterocycles. The van der Waals surface area contributed by atoms with Crippen LogP contribution in [0.4, 0.5) is 10.2 Å². The highest BCUT2D eigenvalue weighted by Gasteiger charge is 2.23. The minimum absolute atomic E-state index is 0.352. The first-order valence-corrected chi connectivity index (χ1v) is 5.76. The van der Waals surface area contributed by atoms with Gasteiger partial charge in [0, 0.05) is 11.6 Å². The topological polar surface area (TPSA) is 37.8 Å². The van der Waals surface area contributed by atoms with Gasteiger partial charge in [-0.1, -0.05) is 6.07 Å². The molecule has 16 heavy (non-hydrogen) atoms. The van der Waals surface area contributed by atoms with Crippen molar-refractivity contribution in [1.29, 1.82) is 0 Å². The van der Waals surface area contributed by atoms with Crippen molar-refractivity contribution in [3.05, 3.63) is 40.7 Å². The van der Waals surface area contributed by atoms with Crippen LogP contribution in [0.3, 0.4) is 0 Å². The van der Waals surface area contributed by atoms with Crippen molar-refractivity contribution in [3.8, 4) is 0 Å². The van der Waals surface area contributed by atoms with Crippen molar-refractivity contribution in [2.24, 2.45) is 0 Å². The molecule has 0 bridgehead atoms. The van der Waals surface area contributed by atoms with Gasteiger partial charge in [0.15, 0.2) is 0 Å². The fourth-order valence-corrected chi connectivity index (χ4v) is 2.10. The van der Waals surface area contributed by atoms with Crippen LogP contribution in [0.5, 0.6) is 0 Å². The zero-order chi connectivity index (χ0) is 11.6. The summed E-state index contributed by atoms with van der Waals surface area (Å²) < 4.78 is 12.9. The first-order valence-electron chi connectivity index (χ1n) is 4.89. The first kappa shape index (κ1) is 11.0. The van der Waals surface area contributed by atoms with Crippen LogP contribution in [0.25, 0.3) is 0 Å². The lowest BCUT2D eigenvalue weighted by atomic mass is 10.1. The molecule has 0 aliphatic heterocycles. The molecule has 0 radical (unpaired) electrons. The molecule has 5 heteroatoms. The lowest BCUT2D eigenvalue weighted by Gasteiger charge is -2.24. The van der Waals surface area contributed by atoms with E-state index in [1.807, 2.05) is 19.2 Å². The molecule has 0 saturated heterocycles. The van der Waals surface area contributed by atoms with E-state index in [0.29, 0.717) is 5.82 Å². The third-order valence-electron chi connectivity index (χ3n) is 2.12. The highest BCUT2D eigenvalue weighted by molar-refractivity contribution is 7.09. The Morgan fingerprint density at radius 1 is 1.38 bits per heavy atom. The van der Waals surface area contributed by atoms with Gasteiger partial charge >= 0.3 is 0 Å². The summed E-state index contributed by atoms with van der Waals surface area (Å²) in [6, 6.07) is 4.68. The summed E-state index contributed by atoms with van der Waals surface area (Å²) in [7, 11) is 0. The van der Waals surface area contributed by atoms with Crippen LogP contribution in [0.15, 0.2) is 29.8 Å². The van der Waals surface area contributed by atoms with Crippen molar-refractivity contribution in [2.45, 2.75) is 19.4 Å². The Morgan fingerprint density at radius 2 is 2.19 bits per heavy atom. The molecule has 3 nitrogen and oxygen atoms in total. The molecule has 0 saturated carbocycles. The van der Waals surface area contributed by atoms with Gasteiger partial charge in [-0.15, -0.1) is 11.3 Å². The maximum absolute atomic E-state index is 12.9. The van der Waals surface area contributed by atoms with Crippen LogP contribution < -0.4 is 5.32 Å². The quantitative estimate of drug-likeness (QED) is 0.834. The second-order valence-corrected chi connectivity index (χ2v) is 4.83. The second-order valence-electron chi connectivity index (χ2n) is 3.93.